The van der Waals surface area contributed by atoms with Crippen LogP contribution in [0.1, 0.15) is 21.7 Å². The molecule has 0 atom stereocenters. The molecule has 0 bridgehead atoms. The molecule has 6 heteroatoms. The standard InChI is InChI=1S/C19H18N4O2/c1-14-5-6-17(23(14)16-7-9-18(25-2)10-8-16)13-21-22-19(24)15-4-3-11-20-12-15/h3-13H,1-2H3,(H,22,24)/b21-13+. The van der Waals surface area contributed by atoms with E-state index in [0.717, 1.165) is 22.8 Å². The van der Waals surface area contributed by atoms with Crippen molar-refractivity contribution in [2.24, 2.45) is 5.10 Å². The summed E-state index contributed by atoms with van der Waals surface area (Å²) < 4.78 is 7.23. The molecule has 0 spiro atoms. The molecule has 1 N–H and O–H groups in total. The number of rotatable bonds is 5. The van der Waals surface area contributed by atoms with Gasteiger partial charge in [0.15, 0.2) is 0 Å². The Kier molecular flexibility index (Phi) is 4.89. The lowest BCUT2D eigenvalue weighted by atomic mass is 10.3. The summed E-state index contributed by atoms with van der Waals surface area (Å²) in [6.07, 6.45) is 4.73. The maximum absolute atomic E-state index is 12.0. The first kappa shape index (κ1) is 16.4. The van der Waals surface area contributed by atoms with Crippen LogP contribution in [0.25, 0.3) is 5.69 Å². The molecule has 2 aromatic heterocycles. The topological polar surface area (TPSA) is 68.5 Å². The van der Waals surface area contributed by atoms with Gasteiger partial charge in [-0.1, -0.05) is 0 Å². The van der Waals surface area contributed by atoms with E-state index >= 15 is 0 Å². The fourth-order valence-electron chi connectivity index (χ4n) is 2.46. The summed E-state index contributed by atoms with van der Waals surface area (Å²) in [6.45, 7) is 2.01. The van der Waals surface area contributed by atoms with E-state index in [9.17, 15) is 4.79 Å². The minimum Gasteiger partial charge on any atom is -0.497 e. The first-order valence-corrected chi connectivity index (χ1v) is 7.75. The molecule has 3 rings (SSSR count). The Balaban J connectivity index is 1.78. The highest BCUT2D eigenvalue weighted by Gasteiger charge is 2.07. The van der Waals surface area contributed by atoms with Gasteiger partial charge in [0, 0.05) is 23.8 Å². The molecule has 3 aromatic rings. The molecule has 0 unspecified atom stereocenters. The van der Waals surface area contributed by atoms with E-state index in [-0.39, 0.29) is 5.91 Å². The highest BCUT2D eigenvalue weighted by atomic mass is 16.5. The molecule has 0 saturated heterocycles. The number of hydrogen-bond acceptors (Lipinski definition) is 4. The van der Waals surface area contributed by atoms with Crippen LogP contribution in [0.2, 0.25) is 0 Å². The summed E-state index contributed by atoms with van der Waals surface area (Å²) in [6, 6.07) is 15.1. The average molecular weight is 334 g/mol. The maximum Gasteiger partial charge on any atom is 0.272 e. The highest BCUT2D eigenvalue weighted by Crippen LogP contribution is 2.19. The largest absolute Gasteiger partial charge is 0.497 e. The second-order valence-electron chi connectivity index (χ2n) is 5.37. The normalized spacial score (nSPS) is 10.8. The van der Waals surface area contributed by atoms with Crippen LogP contribution in [0.3, 0.4) is 0 Å². The SMILES string of the molecule is COc1ccc(-n2c(C)ccc2/C=N/NC(=O)c2cccnc2)cc1. The lowest BCUT2D eigenvalue weighted by molar-refractivity contribution is 0.0955. The van der Waals surface area contributed by atoms with Crippen molar-refractivity contribution in [2.45, 2.75) is 6.92 Å². The van der Waals surface area contributed by atoms with Crippen molar-refractivity contribution in [3.05, 3.63) is 77.9 Å². The zero-order valence-corrected chi connectivity index (χ0v) is 14.0. The molecule has 2 heterocycles. The Morgan fingerprint density at radius 2 is 2.00 bits per heavy atom. The number of aromatic nitrogens is 2. The monoisotopic (exact) mass is 334 g/mol. The quantitative estimate of drug-likeness (QED) is 0.576. The first-order valence-electron chi connectivity index (χ1n) is 7.75. The molecule has 126 valence electrons. The lowest BCUT2D eigenvalue weighted by Crippen LogP contribution is -2.18. The molecule has 0 saturated carbocycles. The van der Waals surface area contributed by atoms with Gasteiger partial charge in [-0.2, -0.15) is 5.10 Å². The van der Waals surface area contributed by atoms with E-state index < -0.39 is 0 Å². The molecule has 1 aromatic carbocycles. The van der Waals surface area contributed by atoms with E-state index in [2.05, 4.69) is 15.5 Å². The number of hydrogen-bond donors (Lipinski definition) is 1. The van der Waals surface area contributed by atoms with Crippen LogP contribution in [0.15, 0.2) is 66.0 Å². The number of methoxy groups -OCH3 is 1. The predicted molar refractivity (Wildman–Crippen MR) is 96.4 cm³/mol. The van der Waals surface area contributed by atoms with Crippen molar-refractivity contribution in [3.63, 3.8) is 0 Å². The van der Waals surface area contributed by atoms with Crippen LogP contribution in [0.4, 0.5) is 0 Å². The average Bonchev–Trinajstić information content (AvgIpc) is 3.03. The van der Waals surface area contributed by atoms with Crippen molar-refractivity contribution in [3.8, 4) is 11.4 Å². The van der Waals surface area contributed by atoms with E-state index in [4.69, 9.17) is 4.74 Å². The van der Waals surface area contributed by atoms with Gasteiger partial charge in [-0.05, 0) is 55.5 Å². The van der Waals surface area contributed by atoms with Crippen molar-refractivity contribution < 1.29 is 9.53 Å². The lowest BCUT2D eigenvalue weighted by Gasteiger charge is -2.10. The predicted octanol–water partition coefficient (Wildman–Crippen LogP) is 2.95. The Morgan fingerprint density at radius 1 is 1.20 bits per heavy atom. The van der Waals surface area contributed by atoms with Gasteiger partial charge in [0.2, 0.25) is 0 Å². The number of nitrogens with zero attached hydrogens (tertiary/aromatic N) is 3. The molecular weight excluding hydrogens is 316 g/mol. The van der Waals surface area contributed by atoms with Gasteiger partial charge in [-0.3, -0.25) is 9.78 Å². The molecule has 0 fully saturated rings. The summed E-state index contributed by atoms with van der Waals surface area (Å²) in [4.78, 5) is 15.9. The third-order valence-electron chi connectivity index (χ3n) is 3.72. The van der Waals surface area contributed by atoms with Gasteiger partial charge in [-0.25, -0.2) is 5.43 Å². The van der Waals surface area contributed by atoms with Crippen LogP contribution in [0.5, 0.6) is 5.75 Å². The van der Waals surface area contributed by atoms with E-state index in [1.807, 2.05) is 47.9 Å². The van der Waals surface area contributed by atoms with Crippen LogP contribution in [-0.2, 0) is 0 Å². The van der Waals surface area contributed by atoms with Crippen molar-refractivity contribution in [1.82, 2.24) is 15.0 Å². The number of carbonyl (C=O) groups is 1. The van der Waals surface area contributed by atoms with Crippen LogP contribution in [0, 0.1) is 6.92 Å². The maximum atomic E-state index is 12.0. The van der Waals surface area contributed by atoms with E-state index in [1.54, 1.807) is 31.7 Å². The molecule has 0 radical (unpaired) electrons. The first-order chi connectivity index (χ1) is 12.2. The van der Waals surface area contributed by atoms with Gasteiger partial charge >= 0.3 is 0 Å². The summed E-state index contributed by atoms with van der Waals surface area (Å²) >= 11 is 0. The van der Waals surface area contributed by atoms with Crippen molar-refractivity contribution in [2.75, 3.05) is 7.11 Å². The number of amides is 1. The Hall–Kier alpha value is -3.41. The van der Waals surface area contributed by atoms with Crippen molar-refractivity contribution in [1.29, 1.82) is 0 Å². The van der Waals surface area contributed by atoms with Crippen LogP contribution >= 0.6 is 0 Å². The minimum absolute atomic E-state index is 0.302. The highest BCUT2D eigenvalue weighted by molar-refractivity contribution is 5.94. The zero-order chi connectivity index (χ0) is 17.6. The molecule has 6 nitrogen and oxygen atoms in total. The molecule has 0 aliphatic carbocycles. The summed E-state index contributed by atoms with van der Waals surface area (Å²) in [7, 11) is 1.64. The zero-order valence-electron chi connectivity index (χ0n) is 14.0. The fraction of sp³-hybridized carbons (Fsp3) is 0.105. The van der Waals surface area contributed by atoms with Crippen LogP contribution < -0.4 is 10.2 Å². The van der Waals surface area contributed by atoms with Gasteiger partial charge < -0.3 is 9.30 Å². The van der Waals surface area contributed by atoms with Gasteiger partial charge in [-0.15, -0.1) is 0 Å². The number of nitrogens with one attached hydrogen (secondary N) is 1. The third kappa shape index (κ3) is 3.74. The Bertz CT molecular complexity index is 884. The number of pyridine rings is 1. The van der Waals surface area contributed by atoms with Crippen molar-refractivity contribution >= 4 is 12.1 Å². The van der Waals surface area contributed by atoms with E-state index in [0.29, 0.717) is 5.56 Å². The number of benzene rings is 1. The second-order valence-corrected chi connectivity index (χ2v) is 5.37. The Labute approximate surface area is 145 Å². The molecule has 0 aliphatic rings. The Morgan fingerprint density at radius 3 is 2.68 bits per heavy atom. The molecular formula is C19H18N4O2. The molecule has 25 heavy (non-hydrogen) atoms. The summed E-state index contributed by atoms with van der Waals surface area (Å²) in [5.74, 6) is 0.496. The number of carbonyl (C=O) groups excluding carboxylic acids is 1. The third-order valence-corrected chi connectivity index (χ3v) is 3.72. The number of ether oxygens (including phenoxy) is 1. The van der Waals surface area contributed by atoms with Gasteiger partial charge in [0.25, 0.3) is 5.91 Å². The number of hydrazone groups is 1. The van der Waals surface area contributed by atoms with E-state index in [1.165, 1.54) is 6.20 Å². The molecule has 1 amide bonds. The summed E-state index contributed by atoms with van der Waals surface area (Å²) in [5, 5.41) is 4.05. The van der Waals surface area contributed by atoms with Crippen LogP contribution in [-0.4, -0.2) is 28.8 Å². The van der Waals surface area contributed by atoms with Gasteiger partial charge in [0.1, 0.15) is 5.75 Å². The van der Waals surface area contributed by atoms with Gasteiger partial charge in [0.05, 0.1) is 24.6 Å². The minimum atomic E-state index is -0.302. The molecule has 0 aliphatic heterocycles. The second kappa shape index (κ2) is 7.44. The fourth-order valence-corrected chi connectivity index (χ4v) is 2.46. The summed E-state index contributed by atoms with van der Waals surface area (Å²) in [5.41, 5.74) is 5.88. The number of aryl methyl sites for hydroxylation is 1. The smallest absolute Gasteiger partial charge is 0.272 e.